The van der Waals surface area contributed by atoms with Crippen molar-refractivity contribution in [2.75, 3.05) is 0 Å². The molecule has 0 heterocycles. The molecule has 0 saturated heterocycles. The summed E-state index contributed by atoms with van der Waals surface area (Å²) in [4.78, 5) is 0. The molecule has 0 amide bonds. The smallest absolute Gasteiger partial charge is 0.132 e. The Labute approximate surface area is 278 Å². The minimum atomic E-state index is -1.05. The Kier molecular flexibility index (Phi) is 8.10. The zero-order valence-corrected chi connectivity index (χ0v) is 27.5. The average Bonchev–Trinajstić information content (AvgIpc) is 3.14. The molecule has 0 aromatic heterocycles. The molecule has 1 N–H and O–H groups in total. The molecule has 8 aromatic rings. The summed E-state index contributed by atoms with van der Waals surface area (Å²) in [6.07, 6.45) is 0. The van der Waals surface area contributed by atoms with Crippen LogP contribution in [0.4, 0.5) is 0 Å². The van der Waals surface area contributed by atoms with Crippen LogP contribution in [0.1, 0.15) is 0 Å². The third-order valence-electron chi connectivity index (χ3n) is 8.70. The van der Waals surface area contributed by atoms with Crippen LogP contribution in [0, 0.1) is 0 Å². The van der Waals surface area contributed by atoms with E-state index >= 15 is 0 Å². The molecule has 0 aliphatic carbocycles. The molecule has 0 aliphatic rings. The van der Waals surface area contributed by atoms with Crippen molar-refractivity contribution in [3.05, 3.63) is 188 Å². The molecule has 0 unspecified atom stereocenters. The van der Waals surface area contributed by atoms with Gasteiger partial charge in [-0.3, -0.25) is 0 Å². The maximum Gasteiger partial charge on any atom is 0.132 e. The predicted octanol–water partition coefficient (Wildman–Crippen LogP) is 8.88. The van der Waals surface area contributed by atoms with Gasteiger partial charge < -0.3 is 5.11 Å². The van der Waals surface area contributed by atoms with Gasteiger partial charge in [-0.05, 0) is 70.0 Å². The van der Waals surface area contributed by atoms with E-state index in [-0.39, 0.29) is 0 Å². The monoisotopic (exact) mass is 638 g/mol. The van der Waals surface area contributed by atoms with Crippen LogP contribution in [0.15, 0.2) is 188 Å². The van der Waals surface area contributed by atoms with Crippen LogP contribution in [0.5, 0.6) is 5.75 Å². The second-order valence-corrected chi connectivity index (χ2v) is 15.9. The number of phenols is 1. The number of hydrogen-bond donors (Lipinski definition) is 1. The zero-order chi connectivity index (χ0) is 31.6. The summed E-state index contributed by atoms with van der Waals surface area (Å²) >= 11 is 0. The van der Waals surface area contributed by atoms with Crippen LogP contribution in [0.3, 0.4) is 0 Å². The molecule has 224 valence electrons. The van der Waals surface area contributed by atoms with Gasteiger partial charge in [-0.15, -0.1) is 0 Å². The van der Waals surface area contributed by atoms with Crippen molar-refractivity contribution in [2.24, 2.45) is 0 Å². The van der Waals surface area contributed by atoms with E-state index in [9.17, 15) is 5.11 Å². The van der Waals surface area contributed by atoms with Crippen molar-refractivity contribution in [1.82, 2.24) is 0 Å². The standard InChI is InChI=1S/C44H32OP2/c45-44-41(47(36-23-9-3-10-24-36)37-25-11-4-12-26-37)31-33-18-14-16-28-39(33)43(44)42-38-27-15-13-17-32(38)29-30-40(42)46(34-19-5-1-6-20-34)35-21-7-2-8-22-35/h1-31,45H. The van der Waals surface area contributed by atoms with Crippen LogP contribution in [0.2, 0.25) is 0 Å². The van der Waals surface area contributed by atoms with Gasteiger partial charge in [0.1, 0.15) is 5.75 Å². The largest absolute Gasteiger partial charge is 0.507 e. The molecule has 0 fully saturated rings. The molecule has 0 saturated carbocycles. The fourth-order valence-electron chi connectivity index (χ4n) is 6.62. The number of benzene rings is 8. The zero-order valence-electron chi connectivity index (χ0n) is 25.7. The Morgan fingerprint density at radius 2 is 0.702 bits per heavy atom. The normalized spacial score (nSPS) is 11.4. The molecular weight excluding hydrogens is 606 g/mol. The molecule has 0 bridgehead atoms. The molecule has 8 rings (SSSR count). The summed E-state index contributed by atoms with van der Waals surface area (Å²) < 4.78 is 0. The molecular formula is C44H32OP2. The molecule has 0 atom stereocenters. The lowest BCUT2D eigenvalue weighted by Gasteiger charge is -2.27. The lowest BCUT2D eigenvalue weighted by atomic mass is 9.93. The van der Waals surface area contributed by atoms with Gasteiger partial charge in [-0.2, -0.15) is 0 Å². The molecule has 8 aromatic carbocycles. The highest BCUT2D eigenvalue weighted by Crippen LogP contribution is 2.48. The van der Waals surface area contributed by atoms with Gasteiger partial charge >= 0.3 is 0 Å². The van der Waals surface area contributed by atoms with Gasteiger partial charge in [-0.1, -0.05) is 182 Å². The first-order valence-electron chi connectivity index (χ1n) is 15.9. The fraction of sp³-hybridized carbons (Fsp3) is 0. The second-order valence-electron chi connectivity index (χ2n) is 11.5. The van der Waals surface area contributed by atoms with Crippen LogP contribution in [-0.4, -0.2) is 5.11 Å². The van der Waals surface area contributed by atoms with E-state index in [4.69, 9.17) is 0 Å². The Morgan fingerprint density at radius 1 is 0.319 bits per heavy atom. The van der Waals surface area contributed by atoms with E-state index in [1.54, 1.807) is 0 Å². The highest BCUT2D eigenvalue weighted by molar-refractivity contribution is 7.80. The number of aromatic hydroxyl groups is 1. The van der Waals surface area contributed by atoms with E-state index < -0.39 is 15.8 Å². The topological polar surface area (TPSA) is 20.2 Å². The van der Waals surface area contributed by atoms with Gasteiger partial charge in [0, 0.05) is 16.4 Å². The summed E-state index contributed by atoms with van der Waals surface area (Å²) in [6, 6.07) is 66.9. The molecule has 47 heavy (non-hydrogen) atoms. The Morgan fingerprint density at radius 3 is 1.19 bits per heavy atom. The third kappa shape index (κ3) is 5.53. The quantitative estimate of drug-likeness (QED) is 0.173. The first-order chi connectivity index (χ1) is 23.3. The highest BCUT2D eigenvalue weighted by Gasteiger charge is 2.28. The number of phenolic OH excluding ortho intramolecular Hbond substituents is 1. The highest BCUT2D eigenvalue weighted by atomic mass is 31.1. The van der Waals surface area contributed by atoms with E-state index in [0.29, 0.717) is 5.75 Å². The lowest BCUT2D eigenvalue weighted by molar-refractivity contribution is 0.482. The van der Waals surface area contributed by atoms with Gasteiger partial charge in [-0.25, -0.2) is 0 Å². The predicted molar refractivity (Wildman–Crippen MR) is 206 cm³/mol. The first kappa shape index (κ1) is 29.3. The average molecular weight is 639 g/mol. The van der Waals surface area contributed by atoms with Gasteiger partial charge in [0.2, 0.25) is 0 Å². The fourth-order valence-corrected chi connectivity index (χ4v) is 11.5. The molecule has 0 aliphatic heterocycles. The first-order valence-corrected chi connectivity index (χ1v) is 18.5. The summed E-state index contributed by atoms with van der Waals surface area (Å²) in [5.74, 6) is 0.358. The number of fused-ring (bicyclic) bond motifs is 2. The third-order valence-corrected chi connectivity index (χ3v) is 13.6. The Bertz CT molecular complexity index is 2230. The van der Waals surface area contributed by atoms with Crippen molar-refractivity contribution >= 4 is 69.2 Å². The van der Waals surface area contributed by atoms with Crippen LogP contribution < -0.4 is 31.8 Å². The van der Waals surface area contributed by atoms with Crippen LogP contribution >= 0.6 is 15.8 Å². The number of rotatable bonds is 7. The Balaban J connectivity index is 1.50. The second kappa shape index (κ2) is 13.0. The van der Waals surface area contributed by atoms with Crippen LogP contribution in [0.25, 0.3) is 32.7 Å². The van der Waals surface area contributed by atoms with Crippen molar-refractivity contribution in [2.45, 2.75) is 0 Å². The van der Waals surface area contributed by atoms with Gasteiger partial charge in [0.05, 0.1) is 0 Å². The minimum absolute atomic E-state index is 0.358. The maximum absolute atomic E-state index is 12.9. The SMILES string of the molecule is Oc1c(P(c2ccccc2)c2ccccc2)cc2ccccc2c1-c1c(P(c2ccccc2)c2ccccc2)ccc2ccccc12. The van der Waals surface area contributed by atoms with Crippen molar-refractivity contribution < 1.29 is 5.11 Å². The van der Waals surface area contributed by atoms with Crippen molar-refractivity contribution in [3.8, 4) is 16.9 Å². The summed E-state index contributed by atoms with van der Waals surface area (Å²) in [7, 11) is -2.00. The molecule has 0 spiro atoms. The maximum atomic E-state index is 12.9. The van der Waals surface area contributed by atoms with Crippen molar-refractivity contribution in [1.29, 1.82) is 0 Å². The van der Waals surface area contributed by atoms with E-state index in [2.05, 4.69) is 188 Å². The lowest BCUT2D eigenvalue weighted by Crippen LogP contribution is -2.23. The summed E-state index contributed by atoms with van der Waals surface area (Å²) in [6.45, 7) is 0. The number of hydrogen-bond acceptors (Lipinski definition) is 1. The van der Waals surface area contributed by atoms with E-state index in [1.807, 2.05) is 0 Å². The Hall–Kier alpha value is -5.06. The van der Waals surface area contributed by atoms with E-state index in [1.165, 1.54) is 26.5 Å². The van der Waals surface area contributed by atoms with E-state index in [0.717, 1.165) is 38.0 Å². The van der Waals surface area contributed by atoms with Crippen LogP contribution in [-0.2, 0) is 0 Å². The molecule has 3 heteroatoms. The van der Waals surface area contributed by atoms with Gasteiger partial charge in [0.15, 0.2) is 0 Å². The molecule has 0 radical (unpaired) electrons. The van der Waals surface area contributed by atoms with Gasteiger partial charge in [0.25, 0.3) is 0 Å². The molecule has 1 nitrogen and oxygen atoms in total. The summed E-state index contributed by atoms with van der Waals surface area (Å²) in [5.41, 5.74) is 2.01. The minimum Gasteiger partial charge on any atom is -0.507 e. The van der Waals surface area contributed by atoms with Crippen molar-refractivity contribution in [3.63, 3.8) is 0 Å². The summed E-state index contributed by atoms with van der Waals surface area (Å²) in [5, 5.41) is 24.5.